The van der Waals surface area contributed by atoms with Gasteiger partial charge in [-0.3, -0.25) is 21.7 Å². The fourth-order valence-electron chi connectivity index (χ4n) is 2.41. The molecule has 10 heteroatoms. The molecule has 0 spiro atoms. The molecule has 10 N–H and O–H groups in total. The standard InChI is InChI=1S/C16H42N10/c1-2-17-8-12-23-24-13-9-19-6-4-18-5-7-20-10-14-25-26-15-11-22-16-21-3-1/h17-26H,1-16H2. The molecule has 0 radical (unpaired) electrons. The predicted molar refractivity (Wildman–Crippen MR) is 109 cm³/mol. The maximum Gasteiger partial charge on any atom is 0.0454 e. The Kier molecular flexibility index (Phi) is 19.0. The fourth-order valence-corrected chi connectivity index (χ4v) is 2.41. The number of hydrogen-bond acceptors (Lipinski definition) is 10. The highest BCUT2D eigenvalue weighted by Crippen LogP contribution is 1.72. The topological polar surface area (TPSA) is 120 Å². The summed E-state index contributed by atoms with van der Waals surface area (Å²) in [5.41, 5.74) is 12.9. The van der Waals surface area contributed by atoms with Crippen molar-refractivity contribution >= 4 is 0 Å². The monoisotopic (exact) mass is 374 g/mol. The second-order valence-corrected chi connectivity index (χ2v) is 6.24. The summed E-state index contributed by atoms with van der Waals surface area (Å²) in [4.78, 5) is 0. The quantitative estimate of drug-likeness (QED) is 0.206. The second kappa shape index (κ2) is 20.9. The van der Waals surface area contributed by atoms with Crippen molar-refractivity contribution in [3.63, 3.8) is 0 Å². The van der Waals surface area contributed by atoms with Crippen molar-refractivity contribution in [3.8, 4) is 0 Å². The first-order chi connectivity index (χ1) is 13.0. The van der Waals surface area contributed by atoms with E-state index in [-0.39, 0.29) is 0 Å². The third kappa shape index (κ3) is 18.4. The molecule has 1 aliphatic rings. The van der Waals surface area contributed by atoms with E-state index in [1.807, 2.05) is 0 Å². The summed E-state index contributed by atoms with van der Waals surface area (Å²) in [6, 6.07) is 0. The van der Waals surface area contributed by atoms with Gasteiger partial charge in [0.25, 0.3) is 0 Å². The summed E-state index contributed by atoms with van der Waals surface area (Å²) >= 11 is 0. The van der Waals surface area contributed by atoms with Crippen molar-refractivity contribution in [2.24, 2.45) is 0 Å². The molecule has 1 rings (SSSR count). The first-order valence-corrected chi connectivity index (χ1v) is 10.2. The van der Waals surface area contributed by atoms with Crippen LogP contribution in [0.2, 0.25) is 0 Å². The summed E-state index contributed by atoms with van der Waals surface area (Å²) in [5, 5.41) is 20.5. The maximum atomic E-state index is 3.44. The van der Waals surface area contributed by atoms with Gasteiger partial charge in [0.05, 0.1) is 0 Å². The third-order valence-electron chi connectivity index (χ3n) is 3.87. The smallest absolute Gasteiger partial charge is 0.0454 e. The number of hydrogen-bond donors (Lipinski definition) is 10. The zero-order valence-electron chi connectivity index (χ0n) is 16.3. The van der Waals surface area contributed by atoms with Crippen LogP contribution in [0.3, 0.4) is 0 Å². The van der Waals surface area contributed by atoms with E-state index in [1.54, 1.807) is 0 Å². The zero-order valence-corrected chi connectivity index (χ0v) is 16.3. The molecule has 0 amide bonds. The van der Waals surface area contributed by atoms with Crippen LogP contribution in [0.25, 0.3) is 0 Å². The van der Waals surface area contributed by atoms with Crippen LogP contribution in [0.4, 0.5) is 0 Å². The van der Waals surface area contributed by atoms with Gasteiger partial charge in [-0.2, -0.15) is 0 Å². The number of hydrazine groups is 2. The Balaban J connectivity index is 2.00. The predicted octanol–water partition coefficient (Wildman–Crippen LogP) is -3.93. The first-order valence-electron chi connectivity index (χ1n) is 10.2. The van der Waals surface area contributed by atoms with E-state index < -0.39 is 0 Å². The van der Waals surface area contributed by atoms with Crippen molar-refractivity contribution in [1.82, 2.24) is 53.6 Å². The van der Waals surface area contributed by atoms with Gasteiger partial charge in [0.1, 0.15) is 0 Å². The highest BCUT2D eigenvalue weighted by molar-refractivity contribution is 4.58. The molecule has 0 bridgehead atoms. The van der Waals surface area contributed by atoms with Crippen LogP contribution in [0.15, 0.2) is 0 Å². The SMILES string of the molecule is C1CNCCNNCCNCCNCCNCCNNCCNCNC1. The van der Waals surface area contributed by atoms with E-state index in [4.69, 9.17) is 0 Å². The normalized spacial score (nSPS) is 24.0. The number of nitrogens with one attached hydrogen (secondary N) is 10. The minimum Gasteiger partial charge on any atom is -0.315 e. The average Bonchev–Trinajstić information content (AvgIpc) is 2.65. The minimum atomic E-state index is 0.857. The third-order valence-corrected chi connectivity index (χ3v) is 3.87. The van der Waals surface area contributed by atoms with E-state index in [1.165, 1.54) is 0 Å². The molecule has 1 saturated heterocycles. The van der Waals surface area contributed by atoms with Crippen LogP contribution < -0.4 is 53.6 Å². The Hall–Kier alpha value is -0.400. The van der Waals surface area contributed by atoms with Crippen molar-refractivity contribution in [1.29, 1.82) is 0 Å². The molecule has 0 atom stereocenters. The fraction of sp³-hybridized carbons (Fsp3) is 1.00. The molecule has 10 nitrogen and oxygen atoms in total. The van der Waals surface area contributed by atoms with Gasteiger partial charge in [-0.05, 0) is 19.5 Å². The van der Waals surface area contributed by atoms with Crippen LogP contribution in [-0.2, 0) is 0 Å². The van der Waals surface area contributed by atoms with Crippen molar-refractivity contribution in [2.45, 2.75) is 6.42 Å². The Morgan fingerprint density at radius 2 is 0.577 bits per heavy atom. The molecule has 26 heavy (non-hydrogen) atoms. The molecule has 156 valence electrons. The van der Waals surface area contributed by atoms with Crippen LogP contribution in [0.1, 0.15) is 6.42 Å². The van der Waals surface area contributed by atoms with E-state index in [2.05, 4.69) is 53.6 Å². The van der Waals surface area contributed by atoms with Gasteiger partial charge in [0, 0.05) is 85.2 Å². The van der Waals surface area contributed by atoms with Gasteiger partial charge in [0.2, 0.25) is 0 Å². The van der Waals surface area contributed by atoms with E-state index >= 15 is 0 Å². The lowest BCUT2D eigenvalue weighted by Crippen LogP contribution is -2.43. The summed E-state index contributed by atoms with van der Waals surface area (Å²) in [5.74, 6) is 0. The Labute approximate surface area is 159 Å². The minimum absolute atomic E-state index is 0.857. The molecule has 1 aliphatic heterocycles. The molecule has 0 aromatic carbocycles. The molecule has 1 heterocycles. The summed E-state index contributed by atoms with van der Waals surface area (Å²) in [7, 11) is 0. The van der Waals surface area contributed by atoms with Crippen LogP contribution in [0.5, 0.6) is 0 Å². The van der Waals surface area contributed by atoms with Crippen LogP contribution >= 0.6 is 0 Å². The lowest BCUT2D eigenvalue weighted by Gasteiger charge is -2.11. The lowest BCUT2D eigenvalue weighted by atomic mass is 10.4. The maximum absolute atomic E-state index is 3.44. The van der Waals surface area contributed by atoms with Gasteiger partial charge in [-0.25, -0.2) is 0 Å². The second-order valence-electron chi connectivity index (χ2n) is 6.24. The van der Waals surface area contributed by atoms with E-state index in [0.29, 0.717) is 0 Å². The van der Waals surface area contributed by atoms with Gasteiger partial charge < -0.3 is 31.9 Å². The van der Waals surface area contributed by atoms with Gasteiger partial charge >= 0.3 is 0 Å². The molecule has 0 aromatic heterocycles. The summed E-state index contributed by atoms with van der Waals surface area (Å²) in [6.07, 6.45) is 1.14. The van der Waals surface area contributed by atoms with Gasteiger partial charge in [-0.1, -0.05) is 0 Å². The summed E-state index contributed by atoms with van der Waals surface area (Å²) < 4.78 is 0. The molecular formula is C16H42N10. The van der Waals surface area contributed by atoms with Gasteiger partial charge in [0.15, 0.2) is 0 Å². The highest BCUT2D eigenvalue weighted by Gasteiger charge is 1.93. The molecule has 0 aliphatic carbocycles. The average molecular weight is 375 g/mol. The van der Waals surface area contributed by atoms with Crippen LogP contribution in [-0.4, -0.2) is 98.3 Å². The lowest BCUT2D eigenvalue weighted by molar-refractivity contribution is 0.477. The van der Waals surface area contributed by atoms with E-state index in [0.717, 1.165) is 105 Å². The molecule has 0 saturated carbocycles. The van der Waals surface area contributed by atoms with Crippen molar-refractivity contribution < 1.29 is 0 Å². The Morgan fingerprint density at radius 1 is 0.269 bits per heavy atom. The largest absolute Gasteiger partial charge is 0.315 e. The summed E-state index contributed by atoms with van der Waals surface area (Å²) in [6.45, 7) is 14.5. The Bertz CT molecular complexity index is 147. The molecule has 1 fully saturated rings. The van der Waals surface area contributed by atoms with Crippen molar-refractivity contribution in [3.05, 3.63) is 0 Å². The van der Waals surface area contributed by atoms with Crippen molar-refractivity contribution in [2.75, 3.05) is 98.3 Å². The Morgan fingerprint density at radius 3 is 1.08 bits per heavy atom. The molecular weight excluding hydrogens is 332 g/mol. The molecule has 0 aromatic rings. The van der Waals surface area contributed by atoms with E-state index in [9.17, 15) is 0 Å². The number of rotatable bonds is 0. The van der Waals surface area contributed by atoms with Gasteiger partial charge in [-0.15, -0.1) is 0 Å². The first kappa shape index (κ1) is 23.6. The van der Waals surface area contributed by atoms with Crippen LogP contribution in [0, 0.1) is 0 Å². The zero-order chi connectivity index (χ0) is 18.4. The highest BCUT2D eigenvalue weighted by atomic mass is 15.4. The molecule has 0 unspecified atom stereocenters.